The van der Waals surface area contributed by atoms with Crippen LogP contribution in [0.4, 0.5) is 0 Å². The van der Waals surface area contributed by atoms with Gasteiger partial charge in [-0.3, -0.25) is 4.90 Å². The molecule has 0 saturated heterocycles. The molecule has 4 aromatic rings. The van der Waals surface area contributed by atoms with E-state index in [4.69, 9.17) is 4.98 Å². The molecule has 0 amide bonds. The molecule has 0 N–H and O–H groups in total. The van der Waals surface area contributed by atoms with Crippen molar-refractivity contribution in [2.24, 2.45) is 0 Å². The van der Waals surface area contributed by atoms with E-state index >= 15 is 0 Å². The van der Waals surface area contributed by atoms with Crippen LogP contribution in [0.15, 0.2) is 79.0 Å². The summed E-state index contributed by atoms with van der Waals surface area (Å²) in [6.45, 7) is 2.90. The summed E-state index contributed by atoms with van der Waals surface area (Å²) in [6, 6.07) is 25.4. The number of benzene rings is 3. The predicted octanol–water partition coefficient (Wildman–Crippen LogP) is 4.86. The summed E-state index contributed by atoms with van der Waals surface area (Å²) in [5.74, 6) is 0.830. The zero-order valence-electron chi connectivity index (χ0n) is 15.2. The maximum absolute atomic E-state index is 4.84. The van der Waals surface area contributed by atoms with Gasteiger partial charge in [-0.2, -0.15) is 0 Å². The van der Waals surface area contributed by atoms with Gasteiger partial charge in [0.15, 0.2) is 5.82 Å². The summed E-state index contributed by atoms with van der Waals surface area (Å²) < 4.78 is 0. The van der Waals surface area contributed by atoms with Crippen molar-refractivity contribution < 1.29 is 0 Å². The molecule has 0 bridgehead atoms. The summed E-state index contributed by atoms with van der Waals surface area (Å²) >= 11 is 0. The molecule has 0 saturated carbocycles. The van der Waals surface area contributed by atoms with Crippen LogP contribution in [-0.2, 0) is 19.5 Å². The number of rotatable bonds is 3. The first-order valence-electron chi connectivity index (χ1n) is 9.46. The third-order valence-electron chi connectivity index (χ3n) is 5.32. The molecule has 1 aliphatic rings. The summed E-state index contributed by atoms with van der Waals surface area (Å²) in [7, 11) is 0. The largest absolute Gasteiger partial charge is 0.294 e. The third kappa shape index (κ3) is 3.22. The van der Waals surface area contributed by atoms with E-state index in [-0.39, 0.29) is 0 Å². The van der Waals surface area contributed by atoms with Crippen molar-refractivity contribution >= 4 is 10.8 Å². The van der Waals surface area contributed by atoms with Gasteiger partial charge in [-0.15, -0.1) is 0 Å². The molecular formula is C24H21N3. The fraction of sp³-hybridized carbons (Fsp3) is 0.167. The van der Waals surface area contributed by atoms with Crippen LogP contribution in [0.5, 0.6) is 0 Å². The van der Waals surface area contributed by atoms with Crippen LogP contribution in [-0.4, -0.2) is 21.4 Å². The second kappa shape index (κ2) is 6.93. The van der Waals surface area contributed by atoms with Crippen LogP contribution in [0.2, 0.25) is 0 Å². The Hall–Kier alpha value is -3.04. The van der Waals surface area contributed by atoms with E-state index in [2.05, 4.69) is 64.5 Å². The standard InChI is InChI=1S/C24H21N3/c1-2-8-19(9-3-1)24-25-15-21-17-27(14-13-23(21)26-24)16-20-11-6-10-18-7-4-5-12-22(18)20/h1-12,15H,13-14,16-17H2. The highest BCUT2D eigenvalue weighted by Gasteiger charge is 2.19. The number of hydrogen-bond donors (Lipinski definition) is 0. The lowest BCUT2D eigenvalue weighted by atomic mass is 10.0. The monoisotopic (exact) mass is 351 g/mol. The van der Waals surface area contributed by atoms with Crippen molar-refractivity contribution in [1.82, 2.24) is 14.9 Å². The van der Waals surface area contributed by atoms with Crippen LogP contribution in [0.3, 0.4) is 0 Å². The SMILES string of the molecule is c1ccc(-c2ncc3c(n2)CCN(Cc2cccc4ccccc24)C3)cc1. The molecule has 2 heterocycles. The maximum Gasteiger partial charge on any atom is 0.159 e. The molecule has 3 nitrogen and oxygen atoms in total. The Bertz CT molecular complexity index is 1080. The molecule has 0 aliphatic carbocycles. The minimum absolute atomic E-state index is 0.830. The molecule has 0 spiro atoms. The van der Waals surface area contributed by atoms with Crippen LogP contribution in [0.25, 0.3) is 22.2 Å². The van der Waals surface area contributed by atoms with E-state index < -0.39 is 0 Å². The second-order valence-corrected chi connectivity index (χ2v) is 7.13. The molecule has 1 aromatic heterocycles. The maximum atomic E-state index is 4.84. The summed E-state index contributed by atoms with van der Waals surface area (Å²) in [6.07, 6.45) is 2.99. The highest BCUT2D eigenvalue weighted by atomic mass is 15.1. The Labute approximate surface area is 159 Å². The van der Waals surface area contributed by atoms with Gasteiger partial charge in [0.2, 0.25) is 0 Å². The van der Waals surface area contributed by atoms with Gasteiger partial charge in [-0.25, -0.2) is 9.97 Å². The van der Waals surface area contributed by atoms with Crippen LogP contribution >= 0.6 is 0 Å². The first-order valence-corrected chi connectivity index (χ1v) is 9.46. The first kappa shape index (κ1) is 16.2. The summed E-state index contributed by atoms with van der Waals surface area (Å²) in [5, 5.41) is 2.66. The number of hydrogen-bond acceptors (Lipinski definition) is 3. The third-order valence-corrected chi connectivity index (χ3v) is 5.32. The number of fused-ring (bicyclic) bond motifs is 2. The lowest BCUT2D eigenvalue weighted by molar-refractivity contribution is 0.244. The zero-order valence-corrected chi connectivity index (χ0v) is 15.2. The quantitative estimate of drug-likeness (QED) is 0.528. The van der Waals surface area contributed by atoms with Crippen molar-refractivity contribution in [2.75, 3.05) is 6.54 Å². The van der Waals surface area contributed by atoms with E-state index in [1.807, 2.05) is 24.4 Å². The van der Waals surface area contributed by atoms with Gasteiger partial charge >= 0.3 is 0 Å². The highest BCUT2D eigenvalue weighted by Crippen LogP contribution is 2.24. The molecule has 0 fully saturated rings. The van der Waals surface area contributed by atoms with Crippen molar-refractivity contribution in [3.63, 3.8) is 0 Å². The minimum atomic E-state index is 0.830. The average molecular weight is 351 g/mol. The summed E-state index contributed by atoms with van der Waals surface area (Å²) in [4.78, 5) is 11.9. The molecule has 132 valence electrons. The van der Waals surface area contributed by atoms with Crippen molar-refractivity contribution in [1.29, 1.82) is 0 Å². The second-order valence-electron chi connectivity index (χ2n) is 7.13. The van der Waals surface area contributed by atoms with Crippen molar-refractivity contribution in [2.45, 2.75) is 19.5 Å². The molecular weight excluding hydrogens is 330 g/mol. The molecule has 27 heavy (non-hydrogen) atoms. The van der Waals surface area contributed by atoms with Gasteiger partial charge < -0.3 is 0 Å². The fourth-order valence-corrected chi connectivity index (χ4v) is 3.91. The molecule has 0 unspecified atom stereocenters. The Morgan fingerprint density at radius 1 is 0.852 bits per heavy atom. The van der Waals surface area contributed by atoms with Gasteiger partial charge in [0.05, 0.1) is 5.69 Å². The minimum Gasteiger partial charge on any atom is -0.294 e. The Morgan fingerprint density at radius 2 is 1.67 bits per heavy atom. The lowest BCUT2D eigenvalue weighted by Gasteiger charge is -2.28. The van der Waals surface area contributed by atoms with Gasteiger partial charge in [0.1, 0.15) is 0 Å². The molecule has 1 aliphatic heterocycles. The Balaban J connectivity index is 1.38. The molecule has 3 heteroatoms. The molecule has 0 atom stereocenters. The van der Waals surface area contributed by atoms with Gasteiger partial charge in [-0.05, 0) is 16.3 Å². The Morgan fingerprint density at radius 3 is 2.59 bits per heavy atom. The summed E-state index contributed by atoms with van der Waals surface area (Å²) in [5.41, 5.74) is 4.91. The van der Waals surface area contributed by atoms with Gasteiger partial charge in [-0.1, -0.05) is 72.8 Å². The number of aromatic nitrogens is 2. The van der Waals surface area contributed by atoms with Crippen LogP contribution in [0, 0.1) is 0 Å². The molecule has 0 radical (unpaired) electrons. The molecule has 3 aromatic carbocycles. The van der Waals surface area contributed by atoms with E-state index in [0.717, 1.165) is 37.4 Å². The predicted molar refractivity (Wildman–Crippen MR) is 109 cm³/mol. The van der Waals surface area contributed by atoms with E-state index in [0.29, 0.717) is 0 Å². The topological polar surface area (TPSA) is 29.0 Å². The van der Waals surface area contributed by atoms with Crippen molar-refractivity contribution in [3.05, 3.63) is 95.8 Å². The molecule has 5 rings (SSSR count). The highest BCUT2D eigenvalue weighted by molar-refractivity contribution is 5.85. The first-order chi connectivity index (χ1) is 13.4. The van der Waals surface area contributed by atoms with Crippen LogP contribution < -0.4 is 0 Å². The van der Waals surface area contributed by atoms with Crippen molar-refractivity contribution in [3.8, 4) is 11.4 Å². The Kier molecular flexibility index (Phi) is 4.15. The zero-order chi connectivity index (χ0) is 18.1. The average Bonchev–Trinajstić information content (AvgIpc) is 2.74. The van der Waals surface area contributed by atoms with Gasteiger partial charge in [0.25, 0.3) is 0 Å². The van der Waals surface area contributed by atoms with E-state index in [1.54, 1.807) is 0 Å². The van der Waals surface area contributed by atoms with Gasteiger partial charge in [0, 0.05) is 43.4 Å². The van der Waals surface area contributed by atoms with E-state index in [9.17, 15) is 0 Å². The smallest absolute Gasteiger partial charge is 0.159 e. The van der Waals surface area contributed by atoms with Crippen LogP contribution in [0.1, 0.15) is 16.8 Å². The fourth-order valence-electron chi connectivity index (χ4n) is 3.91. The van der Waals surface area contributed by atoms with E-state index in [1.165, 1.54) is 27.6 Å². The lowest BCUT2D eigenvalue weighted by Crippen LogP contribution is -2.31. The number of nitrogens with zero attached hydrogens (tertiary/aromatic N) is 3. The normalized spacial score (nSPS) is 14.2.